The second-order valence-corrected chi connectivity index (χ2v) is 8.09. The minimum atomic E-state index is -0.242. The van der Waals surface area contributed by atoms with Crippen LogP contribution in [0.1, 0.15) is 44.6 Å². The van der Waals surface area contributed by atoms with Gasteiger partial charge in [0.25, 0.3) is 0 Å². The van der Waals surface area contributed by atoms with Crippen LogP contribution in [0.4, 0.5) is 4.39 Å². The lowest BCUT2D eigenvalue weighted by molar-refractivity contribution is -0.126. The normalized spacial score (nSPS) is 19.5. The molecule has 2 aliphatic rings. The largest absolute Gasteiger partial charge is 0.496 e. The van der Waals surface area contributed by atoms with E-state index in [0.29, 0.717) is 6.54 Å². The van der Waals surface area contributed by atoms with E-state index in [4.69, 9.17) is 4.74 Å². The number of amides is 1. The standard InChI is InChI=1S/C23H34FN3O2/c1-18(23(28)25-11-10-19-6-4-3-5-7-19)27-14-12-26(13-15-27)17-20-16-21(24)8-9-22(20)29-2/h6,8-9,16,18H,3-5,7,10-15,17H2,1-2H3,(H,25,28)/t18-/m0/s1. The molecule has 0 aromatic heterocycles. The Morgan fingerprint density at radius 1 is 1.24 bits per heavy atom. The third kappa shape index (κ3) is 6.28. The molecule has 1 fully saturated rings. The van der Waals surface area contributed by atoms with E-state index in [-0.39, 0.29) is 17.8 Å². The predicted molar refractivity (Wildman–Crippen MR) is 113 cm³/mol. The maximum Gasteiger partial charge on any atom is 0.237 e. The summed E-state index contributed by atoms with van der Waals surface area (Å²) >= 11 is 0. The highest BCUT2D eigenvalue weighted by Gasteiger charge is 2.25. The summed E-state index contributed by atoms with van der Waals surface area (Å²) in [5.74, 6) is 0.588. The van der Waals surface area contributed by atoms with Crippen LogP contribution in [-0.2, 0) is 11.3 Å². The van der Waals surface area contributed by atoms with Gasteiger partial charge in [0.1, 0.15) is 11.6 Å². The van der Waals surface area contributed by atoms with Crippen LogP contribution < -0.4 is 10.1 Å². The maximum absolute atomic E-state index is 13.6. The summed E-state index contributed by atoms with van der Waals surface area (Å²) in [5, 5.41) is 3.11. The molecular formula is C23H34FN3O2. The first-order valence-electron chi connectivity index (χ1n) is 10.8. The van der Waals surface area contributed by atoms with Gasteiger partial charge in [0.15, 0.2) is 0 Å². The van der Waals surface area contributed by atoms with Crippen molar-refractivity contribution in [3.63, 3.8) is 0 Å². The summed E-state index contributed by atoms with van der Waals surface area (Å²) < 4.78 is 18.9. The molecule has 3 rings (SSSR count). The smallest absolute Gasteiger partial charge is 0.237 e. The first-order valence-corrected chi connectivity index (χ1v) is 10.8. The molecule has 160 valence electrons. The molecule has 0 saturated carbocycles. The van der Waals surface area contributed by atoms with Gasteiger partial charge in [-0.15, -0.1) is 0 Å². The lowest BCUT2D eigenvalue weighted by atomic mass is 9.97. The quantitative estimate of drug-likeness (QED) is 0.676. The zero-order valence-electron chi connectivity index (χ0n) is 17.8. The fourth-order valence-electron chi connectivity index (χ4n) is 4.21. The summed E-state index contributed by atoms with van der Waals surface area (Å²) in [6.45, 7) is 6.74. The van der Waals surface area contributed by atoms with Gasteiger partial charge in [-0.25, -0.2) is 4.39 Å². The van der Waals surface area contributed by atoms with E-state index in [1.807, 2.05) is 6.92 Å². The number of hydrogen-bond acceptors (Lipinski definition) is 4. The summed E-state index contributed by atoms with van der Waals surface area (Å²) in [5.41, 5.74) is 2.36. The molecule has 5 nitrogen and oxygen atoms in total. The Bertz CT molecular complexity index is 714. The minimum absolute atomic E-state index is 0.113. The topological polar surface area (TPSA) is 44.8 Å². The molecule has 1 heterocycles. The van der Waals surface area contributed by atoms with Gasteiger partial charge >= 0.3 is 0 Å². The highest BCUT2D eigenvalue weighted by molar-refractivity contribution is 5.81. The number of methoxy groups -OCH3 is 1. The highest BCUT2D eigenvalue weighted by atomic mass is 19.1. The average Bonchev–Trinajstić information content (AvgIpc) is 2.74. The number of nitrogens with one attached hydrogen (secondary N) is 1. The fraction of sp³-hybridized carbons (Fsp3) is 0.609. The van der Waals surface area contributed by atoms with E-state index in [1.165, 1.54) is 37.3 Å². The second kappa shape index (κ2) is 10.7. The van der Waals surface area contributed by atoms with Crippen molar-refractivity contribution in [2.24, 2.45) is 0 Å². The first kappa shape index (κ1) is 21.8. The van der Waals surface area contributed by atoms with Crippen LogP contribution in [0.5, 0.6) is 5.75 Å². The number of rotatable bonds is 8. The van der Waals surface area contributed by atoms with E-state index in [9.17, 15) is 9.18 Å². The molecule has 1 aromatic carbocycles. The second-order valence-electron chi connectivity index (χ2n) is 8.09. The summed E-state index contributed by atoms with van der Waals surface area (Å²) in [7, 11) is 1.61. The average molecular weight is 404 g/mol. The van der Waals surface area contributed by atoms with Gasteiger partial charge in [0.05, 0.1) is 13.2 Å². The van der Waals surface area contributed by atoms with Crippen LogP contribution in [0.3, 0.4) is 0 Å². The Labute approximate surface area is 173 Å². The lowest BCUT2D eigenvalue weighted by Crippen LogP contribution is -2.53. The number of piperazine rings is 1. The van der Waals surface area contributed by atoms with Crippen LogP contribution in [0, 0.1) is 5.82 Å². The van der Waals surface area contributed by atoms with Gasteiger partial charge < -0.3 is 10.1 Å². The highest BCUT2D eigenvalue weighted by Crippen LogP contribution is 2.22. The molecule has 1 N–H and O–H groups in total. The number of allylic oxidation sites excluding steroid dienone is 1. The number of hydrogen-bond donors (Lipinski definition) is 1. The van der Waals surface area contributed by atoms with E-state index < -0.39 is 0 Å². The molecule has 29 heavy (non-hydrogen) atoms. The third-order valence-electron chi connectivity index (χ3n) is 6.10. The number of carbonyl (C=O) groups is 1. The Balaban J connectivity index is 1.42. The number of carbonyl (C=O) groups excluding carboxylic acids is 1. The van der Waals surface area contributed by atoms with Crippen molar-refractivity contribution in [3.8, 4) is 5.75 Å². The molecule has 1 saturated heterocycles. The maximum atomic E-state index is 13.6. The SMILES string of the molecule is COc1ccc(F)cc1CN1CCN([C@@H](C)C(=O)NCCC2=CCCCC2)CC1. The van der Waals surface area contributed by atoms with Gasteiger partial charge in [-0.05, 0) is 57.2 Å². The van der Waals surface area contributed by atoms with E-state index in [2.05, 4.69) is 21.2 Å². The molecule has 1 aromatic rings. The van der Waals surface area contributed by atoms with Gasteiger partial charge in [-0.3, -0.25) is 14.6 Å². The Morgan fingerprint density at radius 3 is 2.72 bits per heavy atom. The summed E-state index contributed by atoms with van der Waals surface area (Å²) in [4.78, 5) is 17.0. The summed E-state index contributed by atoms with van der Waals surface area (Å²) in [6.07, 6.45) is 8.26. The van der Waals surface area contributed by atoms with Crippen molar-refractivity contribution in [3.05, 3.63) is 41.2 Å². The molecular weight excluding hydrogens is 369 g/mol. The zero-order valence-corrected chi connectivity index (χ0v) is 17.8. The van der Waals surface area contributed by atoms with Crippen molar-refractivity contribution >= 4 is 5.91 Å². The minimum Gasteiger partial charge on any atom is -0.496 e. The molecule has 0 bridgehead atoms. The van der Waals surface area contributed by atoms with Gasteiger partial charge in [0, 0.05) is 44.8 Å². The molecule has 0 unspecified atom stereocenters. The zero-order chi connectivity index (χ0) is 20.6. The third-order valence-corrected chi connectivity index (χ3v) is 6.10. The van der Waals surface area contributed by atoms with Gasteiger partial charge in [0.2, 0.25) is 5.91 Å². The Kier molecular flexibility index (Phi) is 8.07. The number of benzene rings is 1. The Morgan fingerprint density at radius 2 is 2.03 bits per heavy atom. The number of halogens is 1. The molecule has 6 heteroatoms. The van der Waals surface area contributed by atoms with Crippen molar-refractivity contribution in [1.82, 2.24) is 15.1 Å². The van der Waals surface area contributed by atoms with Crippen molar-refractivity contribution in [1.29, 1.82) is 0 Å². The van der Waals surface area contributed by atoms with Gasteiger partial charge in [-0.2, -0.15) is 0 Å². The molecule has 0 spiro atoms. The number of ether oxygens (including phenoxy) is 1. The van der Waals surface area contributed by atoms with Crippen LogP contribution in [0.15, 0.2) is 29.8 Å². The molecule has 1 aliphatic carbocycles. The first-order chi connectivity index (χ1) is 14.1. The predicted octanol–water partition coefficient (Wildman–Crippen LogP) is 3.35. The van der Waals surface area contributed by atoms with E-state index in [1.54, 1.807) is 19.2 Å². The molecule has 0 radical (unpaired) electrons. The Hall–Kier alpha value is -1.92. The number of nitrogens with zero attached hydrogens (tertiary/aromatic N) is 2. The lowest BCUT2D eigenvalue weighted by Gasteiger charge is -2.37. The monoisotopic (exact) mass is 403 g/mol. The van der Waals surface area contributed by atoms with Crippen molar-refractivity contribution < 1.29 is 13.9 Å². The summed E-state index contributed by atoms with van der Waals surface area (Å²) in [6, 6.07) is 4.52. The fourth-order valence-corrected chi connectivity index (χ4v) is 4.21. The molecule has 1 aliphatic heterocycles. The van der Waals surface area contributed by atoms with Crippen molar-refractivity contribution in [2.75, 3.05) is 39.8 Å². The van der Waals surface area contributed by atoms with Crippen molar-refractivity contribution in [2.45, 2.75) is 51.6 Å². The van der Waals surface area contributed by atoms with Crippen LogP contribution in [0.2, 0.25) is 0 Å². The molecule has 1 amide bonds. The van der Waals surface area contributed by atoms with Crippen LogP contribution in [-0.4, -0.2) is 61.6 Å². The van der Waals surface area contributed by atoms with Gasteiger partial charge in [-0.1, -0.05) is 11.6 Å². The molecule has 1 atom stereocenters. The van der Waals surface area contributed by atoms with E-state index in [0.717, 1.165) is 50.5 Å². The van der Waals surface area contributed by atoms with Crippen LogP contribution in [0.25, 0.3) is 0 Å². The van der Waals surface area contributed by atoms with Crippen LogP contribution >= 0.6 is 0 Å². The van der Waals surface area contributed by atoms with E-state index >= 15 is 0 Å².